The van der Waals surface area contributed by atoms with Crippen LogP contribution in [0.15, 0.2) is 60.7 Å². The molecule has 190 valence electrons. The molecule has 4 unspecified atom stereocenters. The zero-order chi connectivity index (χ0) is 26.0. The first-order valence-electron chi connectivity index (χ1n) is 12.6. The predicted molar refractivity (Wildman–Crippen MR) is 130 cm³/mol. The lowest BCUT2D eigenvalue weighted by atomic mass is 9.70. The minimum Gasteiger partial charge on any atom is -0.457 e. The molecule has 0 saturated carbocycles. The Kier molecular flexibility index (Phi) is 5.11. The van der Waals surface area contributed by atoms with E-state index in [4.69, 9.17) is 18.9 Å². The summed E-state index contributed by atoms with van der Waals surface area (Å²) in [4.78, 5) is 50.3. The third-order valence-electron chi connectivity index (χ3n) is 8.03. The molecule has 7 rings (SSSR count). The summed E-state index contributed by atoms with van der Waals surface area (Å²) in [5.41, 5.74) is 3.01. The zero-order valence-electron chi connectivity index (χ0n) is 20.2. The maximum Gasteiger partial charge on any atom is 0.317 e. The number of ether oxygens (including phenoxy) is 4. The van der Waals surface area contributed by atoms with Crippen LogP contribution in [0.4, 0.5) is 0 Å². The summed E-state index contributed by atoms with van der Waals surface area (Å²) in [7, 11) is 0. The van der Waals surface area contributed by atoms with Crippen LogP contribution < -0.4 is 9.47 Å². The SMILES string of the molecule is O=C1OC(=O)C2Cc3c(c(Oc4ccccc4)c4c(c3Oc3ccccc3)CC3C(=O)OC(=O)C3C4)CC12. The topological polar surface area (TPSA) is 105 Å². The quantitative estimate of drug-likeness (QED) is 0.382. The zero-order valence-corrected chi connectivity index (χ0v) is 20.2. The molecule has 2 fully saturated rings. The van der Waals surface area contributed by atoms with Crippen molar-refractivity contribution in [1.29, 1.82) is 0 Å². The van der Waals surface area contributed by atoms with E-state index in [1.807, 2.05) is 60.7 Å². The average Bonchev–Trinajstić information content (AvgIpc) is 3.37. The van der Waals surface area contributed by atoms with Crippen LogP contribution in [0.5, 0.6) is 23.0 Å². The minimum atomic E-state index is -0.620. The molecular formula is C30H22O8. The van der Waals surface area contributed by atoms with E-state index in [1.165, 1.54) is 0 Å². The van der Waals surface area contributed by atoms with Crippen molar-refractivity contribution in [3.8, 4) is 23.0 Å². The van der Waals surface area contributed by atoms with Crippen molar-refractivity contribution >= 4 is 23.9 Å². The third kappa shape index (κ3) is 3.51. The number of esters is 4. The van der Waals surface area contributed by atoms with E-state index in [2.05, 4.69) is 0 Å². The first kappa shape index (κ1) is 22.7. The lowest BCUT2D eigenvalue weighted by Gasteiger charge is -2.34. The maximum absolute atomic E-state index is 12.6. The van der Waals surface area contributed by atoms with Crippen LogP contribution in [0.1, 0.15) is 22.3 Å². The van der Waals surface area contributed by atoms with E-state index < -0.39 is 47.5 Å². The Balaban J connectivity index is 1.46. The van der Waals surface area contributed by atoms with Crippen LogP contribution in [-0.4, -0.2) is 23.9 Å². The molecule has 2 aliphatic carbocycles. The molecule has 8 nitrogen and oxygen atoms in total. The van der Waals surface area contributed by atoms with E-state index in [0.29, 0.717) is 23.0 Å². The highest BCUT2D eigenvalue weighted by Crippen LogP contribution is 2.53. The van der Waals surface area contributed by atoms with Crippen molar-refractivity contribution in [2.75, 3.05) is 0 Å². The van der Waals surface area contributed by atoms with E-state index in [9.17, 15) is 19.2 Å². The molecule has 2 aliphatic heterocycles. The number of carbonyl (C=O) groups excluding carboxylic acids is 4. The molecule has 2 heterocycles. The Labute approximate surface area is 217 Å². The number of para-hydroxylation sites is 2. The molecule has 3 aromatic rings. The summed E-state index contributed by atoms with van der Waals surface area (Å²) in [5.74, 6) is -2.37. The summed E-state index contributed by atoms with van der Waals surface area (Å²) in [6, 6.07) is 18.5. The lowest BCUT2D eigenvalue weighted by Crippen LogP contribution is -2.32. The number of rotatable bonds is 4. The molecule has 3 aromatic carbocycles. The van der Waals surface area contributed by atoms with Gasteiger partial charge in [-0.25, -0.2) is 0 Å². The number of hydrogen-bond acceptors (Lipinski definition) is 8. The van der Waals surface area contributed by atoms with Gasteiger partial charge >= 0.3 is 23.9 Å². The molecular weight excluding hydrogens is 488 g/mol. The Morgan fingerprint density at radius 2 is 0.763 bits per heavy atom. The van der Waals surface area contributed by atoms with Crippen molar-refractivity contribution in [2.24, 2.45) is 23.7 Å². The normalized spacial score (nSPS) is 25.1. The highest BCUT2D eigenvalue weighted by atomic mass is 16.6. The van der Waals surface area contributed by atoms with E-state index in [1.54, 1.807) is 0 Å². The highest BCUT2D eigenvalue weighted by molar-refractivity contribution is 5.98. The molecule has 0 spiro atoms. The van der Waals surface area contributed by atoms with Gasteiger partial charge in [-0.2, -0.15) is 0 Å². The molecule has 38 heavy (non-hydrogen) atoms. The van der Waals surface area contributed by atoms with Crippen LogP contribution in [0.2, 0.25) is 0 Å². The summed E-state index contributed by atoms with van der Waals surface area (Å²) in [5, 5.41) is 0. The summed E-state index contributed by atoms with van der Waals surface area (Å²) in [6.45, 7) is 0. The first-order chi connectivity index (χ1) is 18.5. The smallest absolute Gasteiger partial charge is 0.317 e. The van der Waals surface area contributed by atoms with Gasteiger partial charge in [0.05, 0.1) is 23.7 Å². The molecule has 0 aromatic heterocycles. The fraction of sp³-hybridized carbons (Fsp3) is 0.267. The summed E-state index contributed by atoms with van der Waals surface area (Å²) < 4.78 is 23.0. The van der Waals surface area contributed by atoms with Gasteiger partial charge in [0, 0.05) is 22.3 Å². The molecule has 0 bridgehead atoms. The number of fused-ring (bicyclic) bond motifs is 4. The van der Waals surface area contributed by atoms with Crippen LogP contribution in [0.3, 0.4) is 0 Å². The van der Waals surface area contributed by atoms with Gasteiger partial charge in [0.1, 0.15) is 23.0 Å². The molecule has 8 heteroatoms. The average molecular weight is 510 g/mol. The monoisotopic (exact) mass is 510 g/mol. The van der Waals surface area contributed by atoms with Gasteiger partial charge in [0.25, 0.3) is 0 Å². The van der Waals surface area contributed by atoms with Crippen molar-refractivity contribution in [2.45, 2.75) is 25.7 Å². The highest BCUT2D eigenvalue weighted by Gasteiger charge is 2.52. The number of carbonyl (C=O) groups is 4. The first-order valence-corrected chi connectivity index (χ1v) is 12.6. The van der Waals surface area contributed by atoms with Crippen molar-refractivity contribution in [3.63, 3.8) is 0 Å². The molecule has 4 aliphatic rings. The Morgan fingerprint density at radius 1 is 0.474 bits per heavy atom. The van der Waals surface area contributed by atoms with Gasteiger partial charge in [-0.05, 0) is 49.9 Å². The standard InChI is InChI=1S/C30H22O8/c31-27-21-11-17-19(13-23(21)29(33)37-27)26(36-16-9-5-2-6-10-16)20-14-24-22(28(32)38-30(24)34)12-18(20)25(17)35-15-7-3-1-4-8-15/h1-10,21-24H,11-14H2. The molecule has 0 N–H and O–H groups in total. The van der Waals surface area contributed by atoms with Gasteiger partial charge < -0.3 is 18.9 Å². The Morgan fingerprint density at radius 3 is 1.05 bits per heavy atom. The van der Waals surface area contributed by atoms with E-state index >= 15 is 0 Å². The minimum absolute atomic E-state index is 0.239. The molecule has 4 atom stereocenters. The molecule has 0 amide bonds. The Hall–Kier alpha value is -4.46. The summed E-state index contributed by atoms with van der Waals surface area (Å²) in [6.07, 6.45) is 0.955. The number of benzene rings is 3. The number of cyclic esters (lactones) is 4. The van der Waals surface area contributed by atoms with Gasteiger partial charge in [0.15, 0.2) is 0 Å². The van der Waals surface area contributed by atoms with E-state index in [-0.39, 0.29) is 25.7 Å². The number of hydrogen-bond donors (Lipinski definition) is 0. The molecule has 2 saturated heterocycles. The van der Waals surface area contributed by atoms with Gasteiger partial charge in [-0.3, -0.25) is 19.2 Å². The predicted octanol–water partition coefficient (Wildman–Crippen LogP) is 4.10. The third-order valence-corrected chi connectivity index (χ3v) is 8.03. The largest absolute Gasteiger partial charge is 0.457 e. The second kappa shape index (κ2) is 8.55. The lowest BCUT2D eigenvalue weighted by molar-refractivity contribution is -0.155. The van der Waals surface area contributed by atoms with Gasteiger partial charge in [0.2, 0.25) is 0 Å². The van der Waals surface area contributed by atoms with Gasteiger partial charge in [-0.1, -0.05) is 36.4 Å². The van der Waals surface area contributed by atoms with Crippen LogP contribution in [0, 0.1) is 23.7 Å². The summed E-state index contributed by atoms with van der Waals surface area (Å²) >= 11 is 0. The van der Waals surface area contributed by atoms with Crippen LogP contribution >= 0.6 is 0 Å². The fourth-order valence-corrected chi connectivity index (χ4v) is 6.18. The second-order valence-corrected chi connectivity index (χ2v) is 10.1. The van der Waals surface area contributed by atoms with E-state index in [0.717, 1.165) is 22.3 Å². The maximum atomic E-state index is 12.6. The van der Waals surface area contributed by atoms with Gasteiger partial charge in [-0.15, -0.1) is 0 Å². The van der Waals surface area contributed by atoms with Crippen molar-refractivity contribution in [3.05, 3.63) is 82.9 Å². The molecule has 0 radical (unpaired) electrons. The van der Waals surface area contributed by atoms with Crippen molar-refractivity contribution < 1.29 is 38.1 Å². The van der Waals surface area contributed by atoms with Crippen LogP contribution in [-0.2, 0) is 54.3 Å². The second-order valence-electron chi connectivity index (χ2n) is 10.1. The van der Waals surface area contributed by atoms with Crippen LogP contribution in [0.25, 0.3) is 0 Å². The fourth-order valence-electron chi connectivity index (χ4n) is 6.18. The van der Waals surface area contributed by atoms with Crippen molar-refractivity contribution in [1.82, 2.24) is 0 Å². The Bertz CT molecular complexity index is 1330.